The highest BCUT2D eigenvalue weighted by Gasteiger charge is 2.27. The second-order valence-electron chi connectivity index (χ2n) is 9.70. The van der Waals surface area contributed by atoms with Crippen LogP contribution in [0.2, 0.25) is 0 Å². The molecule has 0 heterocycles. The van der Waals surface area contributed by atoms with Crippen LogP contribution in [-0.4, -0.2) is 56.7 Å². The van der Waals surface area contributed by atoms with Gasteiger partial charge in [-0.05, 0) is 59.0 Å². The van der Waals surface area contributed by atoms with Gasteiger partial charge in [0.25, 0.3) is 10.1 Å². The third-order valence-corrected chi connectivity index (χ3v) is 5.30. The van der Waals surface area contributed by atoms with Crippen molar-refractivity contribution in [1.29, 1.82) is 0 Å². The van der Waals surface area contributed by atoms with Crippen LogP contribution in [0.3, 0.4) is 0 Å². The predicted octanol–water partition coefficient (Wildman–Crippen LogP) is 1.96. The Hall–Kier alpha value is -2.18. The number of amides is 3. The molecule has 0 aromatic heterocycles. The summed E-state index contributed by atoms with van der Waals surface area (Å²) in [7, 11) is -3.84. The molecule has 0 rings (SSSR count). The molecule has 0 aliphatic heterocycles. The normalized spacial score (nSPS) is 15.1. The molecule has 3 atom stereocenters. The summed E-state index contributed by atoms with van der Waals surface area (Å²) in [4.78, 5) is 37.3. The lowest BCUT2D eigenvalue weighted by Crippen LogP contribution is -2.58. The molecule has 12 heteroatoms. The van der Waals surface area contributed by atoms with Gasteiger partial charge < -0.3 is 15.4 Å². The summed E-state index contributed by atoms with van der Waals surface area (Å²) in [6.07, 6.45) is 1.11. The van der Waals surface area contributed by atoms with Gasteiger partial charge in [-0.2, -0.15) is 8.42 Å². The van der Waals surface area contributed by atoms with Crippen LogP contribution in [0.15, 0.2) is 11.5 Å². The van der Waals surface area contributed by atoms with E-state index >= 15 is 0 Å². The molecule has 0 spiro atoms. The van der Waals surface area contributed by atoms with Crippen LogP contribution in [0.4, 0.5) is 4.79 Å². The zero-order valence-electron chi connectivity index (χ0n) is 21.7. The molecule has 0 unspecified atom stereocenters. The molecule has 0 saturated heterocycles. The van der Waals surface area contributed by atoms with Gasteiger partial charge in [0.05, 0.1) is 12.0 Å². The van der Waals surface area contributed by atoms with Gasteiger partial charge in [-0.1, -0.05) is 27.7 Å². The van der Waals surface area contributed by atoms with Gasteiger partial charge in [0.1, 0.15) is 17.7 Å². The van der Waals surface area contributed by atoms with Crippen molar-refractivity contribution in [3.05, 3.63) is 11.5 Å². The quantitative estimate of drug-likeness (QED) is 0.218. The molecule has 0 aromatic carbocycles. The summed E-state index contributed by atoms with van der Waals surface area (Å²) in [6.45, 7) is 15.7. The molecule has 198 valence electrons. The van der Waals surface area contributed by atoms with E-state index in [1.807, 2.05) is 13.8 Å². The fourth-order valence-electron chi connectivity index (χ4n) is 2.74. The van der Waals surface area contributed by atoms with Crippen LogP contribution in [0.1, 0.15) is 68.7 Å². The maximum Gasteiger partial charge on any atom is 0.422 e. The van der Waals surface area contributed by atoms with Crippen molar-refractivity contribution in [2.75, 3.05) is 6.61 Å². The summed E-state index contributed by atoms with van der Waals surface area (Å²) in [6, 6.07) is -2.32. The third-order valence-electron chi connectivity index (χ3n) is 4.24. The molecule has 0 saturated carbocycles. The number of carbonyl (C=O) groups excluding carboxylic acids is 3. The molecular formula is C22H42N4O7S. The van der Waals surface area contributed by atoms with Crippen LogP contribution < -0.4 is 21.5 Å². The summed E-state index contributed by atoms with van der Waals surface area (Å²) in [5.41, 5.74) is 4.29. The Morgan fingerprint density at radius 2 is 1.56 bits per heavy atom. The Kier molecular flexibility index (Phi) is 13.4. The minimum atomic E-state index is -3.84. The minimum absolute atomic E-state index is 0.00475. The van der Waals surface area contributed by atoms with Crippen LogP contribution in [-0.2, 0) is 28.6 Å². The lowest BCUT2D eigenvalue weighted by molar-refractivity contribution is -0.130. The van der Waals surface area contributed by atoms with Gasteiger partial charge >= 0.3 is 6.09 Å². The first kappa shape index (κ1) is 31.8. The summed E-state index contributed by atoms with van der Waals surface area (Å²) < 4.78 is 33.4. The van der Waals surface area contributed by atoms with E-state index in [2.05, 4.69) is 25.7 Å². The van der Waals surface area contributed by atoms with E-state index in [4.69, 9.17) is 4.74 Å². The second-order valence-corrected chi connectivity index (χ2v) is 11.2. The topological polar surface area (TPSA) is 152 Å². The average molecular weight is 507 g/mol. The number of hydrogen-bond donors (Lipinski definition) is 4. The number of hydrogen-bond acceptors (Lipinski definition) is 8. The van der Waals surface area contributed by atoms with E-state index < -0.39 is 51.8 Å². The monoisotopic (exact) mass is 506 g/mol. The highest BCUT2D eigenvalue weighted by atomic mass is 32.2. The van der Waals surface area contributed by atoms with Gasteiger partial charge in [-0.3, -0.25) is 19.2 Å². The molecule has 0 fully saturated rings. The van der Waals surface area contributed by atoms with Gasteiger partial charge in [0.2, 0.25) is 11.8 Å². The van der Waals surface area contributed by atoms with Crippen molar-refractivity contribution < 1.29 is 31.7 Å². The summed E-state index contributed by atoms with van der Waals surface area (Å²) in [5.74, 6) is -1.03. The molecular weight excluding hydrogens is 464 g/mol. The Bertz CT molecular complexity index is 805. The van der Waals surface area contributed by atoms with Crippen LogP contribution >= 0.6 is 0 Å². The SMILES string of the molecule is CCOS(=O)(=O)/C=C/[C@H](CC(C)C)NC(=O)[C@H](C)NC(=O)[C@@H](NNC(=O)OC(C)(C)C)C(C)C. The highest BCUT2D eigenvalue weighted by molar-refractivity contribution is 7.89. The van der Waals surface area contributed by atoms with Crippen molar-refractivity contribution in [1.82, 2.24) is 21.5 Å². The third kappa shape index (κ3) is 14.2. The Morgan fingerprint density at radius 3 is 2.03 bits per heavy atom. The van der Waals surface area contributed by atoms with Crippen LogP contribution in [0.25, 0.3) is 0 Å². The second kappa shape index (κ2) is 14.3. The molecule has 34 heavy (non-hydrogen) atoms. The number of carbonyl (C=O) groups is 3. The molecule has 0 aliphatic carbocycles. The molecule has 0 radical (unpaired) electrons. The summed E-state index contributed by atoms with van der Waals surface area (Å²) >= 11 is 0. The molecule has 11 nitrogen and oxygen atoms in total. The van der Waals surface area contributed by atoms with Crippen molar-refractivity contribution in [2.45, 2.75) is 92.5 Å². The van der Waals surface area contributed by atoms with Crippen molar-refractivity contribution in [3.63, 3.8) is 0 Å². The van der Waals surface area contributed by atoms with E-state index in [9.17, 15) is 22.8 Å². The number of rotatable bonds is 13. The predicted molar refractivity (Wildman–Crippen MR) is 130 cm³/mol. The largest absolute Gasteiger partial charge is 0.443 e. The van der Waals surface area contributed by atoms with Crippen molar-refractivity contribution >= 4 is 28.0 Å². The zero-order chi connectivity index (χ0) is 26.7. The Morgan fingerprint density at radius 1 is 0.971 bits per heavy atom. The van der Waals surface area contributed by atoms with E-state index in [0.717, 1.165) is 5.41 Å². The zero-order valence-corrected chi connectivity index (χ0v) is 22.5. The van der Waals surface area contributed by atoms with Gasteiger partial charge in [-0.25, -0.2) is 10.2 Å². The van der Waals surface area contributed by atoms with E-state index in [1.54, 1.807) is 41.5 Å². The van der Waals surface area contributed by atoms with Crippen molar-refractivity contribution in [2.24, 2.45) is 11.8 Å². The smallest absolute Gasteiger partial charge is 0.422 e. The van der Waals surface area contributed by atoms with Crippen molar-refractivity contribution in [3.8, 4) is 0 Å². The minimum Gasteiger partial charge on any atom is -0.443 e. The number of hydrazine groups is 1. The first-order chi connectivity index (χ1) is 15.5. The fourth-order valence-corrected chi connectivity index (χ4v) is 3.53. The van der Waals surface area contributed by atoms with Gasteiger partial charge in [0.15, 0.2) is 0 Å². The van der Waals surface area contributed by atoms with E-state index in [0.29, 0.717) is 6.42 Å². The number of ether oxygens (including phenoxy) is 1. The molecule has 0 aromatic rings. The first-order valence-corrected chi connectivity index (χ1v) is 12.9. The molecule has 4 N–H and O–H groups in total. The highest BCUT2D eigenvalue weighted by Crippen LogP contribution is 2.09. The van der Waals surface area contributed by atoms with Crippen LogP contribution in [0, 0.1) is 11.8 Å². The Labute approximate surface area is 203 Å². The average Bonchev–Trinajstić information content (AvgIpc) is 2.64. The Balaban J connectivity index is 5.13. The molecule has 3 amide bonds. The lowest BCUT2D eigenvalue weighted by Gasteiger charge is -2.26. The molecule has 0 bridgehead atoms. The first-order valence-electron chi connectivity index (χ1n) is 11.4. The molecule has 0 aliphatic rings. The summed E-state index contributed by atoms with van der Waals surface area (Å²) in [5, 5.41) is 6.28. The maximum absolute atomic E-state index is 12.7. The van der Waals surface area contributed by atoms with E-state index in [-0.39, 0.29) is 18.4 Å². The fraction of sp³-hybridized carbons (Fsp3) is 0.773. The maximum atomic E-state index is 12.7. The van der Waals surface area contributed by atoms with E-state index in [1.165, 1.54) is 13.0 Å². The van der Waals surface area contributed by atoms with Gasteiger partial charge in [0, 0.05) is 6.04 Å². The van der Waals surface area contributed by atoms with Gasteiger partial charge in [-0.15, -0.1) is 0 Å². The van der Waals surface area contributed by atoms with Crippen LogP contribution in [0.5, 0.6) is 0 Å². The standard InChI is InChI=1S/C22H42N4O7S/c1-10-32-34(30,31)12-11-17(13-14(2)3)24-19(27)16(6)23-20(28)18(15(4)5)25-26-21(29)33-22(7,8)9/h11-12,14-18,25H,10,13H2,1-9H3,(H,23,28)(H,24,27)(H,26,29)/b12-11+/t16-,17+,18-/m0/s1. The lowest BCUT2D eigenvalue weighted by atomic mass is 10.0. The number of nitrogens with one attached hydrogen (secondary N) is 4.